The molecule has 0 aromatic rings. The molecule has 2 fully saturated rings. The van der Waals surface area contributed by atoms with Crippen LogP contribution in [-0.4, -0.2) is 41.1 Å². The van der Waals surface area contributed by atoms with E-state index >= 15 is 0 Å². The number of nitrogens with zero attached hydrogens (tertiary/aromatic N) is 1. The lowest BCUT2D eigenvalue weighted by molar-refractivity contribution is 0.0316. The smallest absolute Gasteiger partial charge is 0.0455 e. The number of likely N-dealkylation sites (tertiary alicyclic amines) is 1. The van der Waals surface area contributed by atoms with Crippen LogP contribution in [0.4, 0.5) is 0 Å². The Labute approximate surface area is 104 Å². The molecule has 0 amide bonds. The van der Waals surface area contributed by atoms with Crippen LogP contribution in [0.15, 0.2) is 0 Å². The molecule has 2 nitrogen and oxygen atoms in total. The van der Waals surface area contributed by atoms with Crippen molar-refractivity contribution >= 4 is 11.8 Å². The fourth-order valence-electron chi connectivity index (χ4n) is 3.61. The van der Waals surface area contributed by atoms with Crippen LogP contribution in [0.25, 0.3) is 0 Å². The first-order chi connectivity index (χ1) is 7.58. The standard InChI is InChI=1S/C13H26N2S/c1-10-6-11(2)8-15(7-10)13(9-14)4-5-16-12(13)3/h10-12H,4-9,14H2,1-3H3. The van der Waals surface area contributed by atoms with Gasteiger partial charge in [-0.05, 0) is 30.4 Å². The molecule has 2 aliphatic rings. The van der Waals surface area contributed by atoms with E-state index in [1.54, 1.807) is 0 Å². The number of rotatable bonds is 2. The fourth-order valence-corrected chi connectivity index (χ4v) is 5.11. The van der Waals surface area contributed by atoms with Gasteiger partial charge in [-0.15, -0.1) is 0 Å². The molecular weight excluding hydrogens is 216 g/mol. The number of thioether (sulfide) groups is 1. The zero-order valence-corrected chi connectivity index (χ0v) is 11.7. The molecule has 4 unspecified atom stereocenters. The molecule has 3 heteroatoms. The SMILES string of the molecule is CC1CC(C)CN(C2(CN)CCSC2C)C1. The second kappa shape index (κ2) is 4.87. The Morgan fingerprint density at radius 2 is 1.88 bits per heavy atom. The Morgan fingerprint density at radius 1 is 1.25 bits per heavy atom. The summed E-state index contributed by atoms with van der Waals surface area (Å²) in [7, 11) is 0. The molecular formula is C13H26N2S. The first-order valence-electron chi connectivity index (χ1n) is 6.65. The average molecular weight is 242 g/mol. The van der Waals surface area contributed by atoms with E-state index in [0.717, 1.165) is 18.4 Å². The average Bonchev–Trinajstić information content (AvgIpc) is 2.59. The molecule has 0 aromatic heterocycles. The van der Waals surface area contributed by atoms with Gasteiger partial charge in [0.05, 0.1) is 0 Å². The van der Waals surface area contributed by atoms with E-state index in [4.69, 9.17) is 5.73 Å². The Balaban J connectivity index is 2.14. The molecule has 94 valence electrons. The predicted molar refractivity (Wildman–Crippen MR) is 72.8 cm³/mol. The third-order valence-corrected chi connectivity index (χ3v) is 5.89. The molecule has 0 spiro atoms. The Hall–Kier alpha value is 0.270. The minimum absolute atomic E-state index is 0.299. The normalized spacial score (nSPS) is 46.1. The van der Waals surface area contributed by atoms with E-state index in [2.05, 4.69) is 37.4 Å². The molecule has 0 aromatic carbocycles. The lowest BCUT2D eigenvalue weighted by Gasteiger charge is -2.48. The summed E-state index contributed by atoms with van der Waals surface area (Å²) in [6.45, 7) is 10.5. The van der Waals surface area contributed by atoms with Crippen LogP contribution in [0.1, 0.15) is 33.6 Å². The predicted octanol–water partition coefficient (Wildman–Crippen LogP) is 2.19. The molecule has 0 saturated carbocycles. The van der Waals surface area contributed by atoms with Crippen molar-refractivity contribution in [1.29, 1.82) is 0 Å². The number of piperidine rings is 1. The van der Waals surface area contributed by atoms with Gasteiger partial charge in [-0.25, -0.2) is 0 Å². The van der Waals surface area contributed by atoms with Crippen molar-refractivity contribution in [3.8, 4) is 0 Å². The lowest BCUT2D eigenvalue weighted by atomic mass is 9.83. The largest absolute Gasteiger partial charge is 0.329 e. The first-order valence-corrected chi connectivity index (χ1v) is 7.70. The highest BCUT2D eigenvalue weighted by Gasteiger charge is 2.46. The maximum absolute atomic E-state index is 6.13. The topological polar surface area (TPSA) is 29.3 Å². The number of hydrogen-bond donors (Lipinski definition) is 1. The molecule has 2 saturated heterocycles. The van der Waals surface area contributed by atoms with Crippen molar-refractivity contribution in [3.63, 3.8) is 0 Å². The quantitative estimate of drug-likeness (QED) is 0.805. The van der Waals surface area contributed by atoms with Gasteiger partial charge >= 0.3 is 0 Å². The van der Waals surface area contributed by atoms with E-state index in [9.17, 15) is 0 Å². The van der Waals surface area contributed by atoms with Crippen LogP contribution >= 0.6 is 11.8 Å². The molecule has 2 heterocycles. The summed E-state index contributed by atoms with van der Waals surface area (Å²) in [5.41, 5.74) is 6.43. The van der Waals surface area contributed by atoms with Gasteiger partial charge in [0.1, 0.15) is 0 Å². The molecule has 0 radical (unpaired) electrons. The molecule has 0 aliphatic carbocycles. The molecule has 0 bridgehead atoms. The van der Waals surface area contributed by atoms with Crippen molar-refractivity contribution in [2.45, 2.75) is 44.4 Å². The summed E-state index contributed by atoms with van der Waals surface area (Å²) in [6, 6.07) is 0. The molecule has 16 heavy (non-hydrogen) atoms. The highest BCUT2D eigenvalue weighted by atomic mass is 32.2. The minimum atomic E-state index is 0.299. The van der Waals surface area contributed by atoms with Crippen LogP contribution in [0.3, 0.4) is 0 Å². The van der Waals surface area contributed by atoms with Crippen molar-refractivity contribution in [2.24, 2.45) is 17.6 Å². The maximum atomic E-state index is 6.13. The molecule has 4 atom stereocenters. The van der Waals surface area contributed by atoms with Crippen molar-refractivity contribution in [2.75, 3.05) is 25.4 Å². The number of nitrogens with two attached hydrogens (primary N) is 1. The third kappa shape index (κ3) is 2.14. The van der Waals surface area contributed by atoms with Crippen LogP contribution in [-0.2, 0) is 0 Å². The van der Waals surface area contributed by atoms with Crippen molar-refractivity contribution in [1.82, 2.24) is 4.90 Å². The van der Waals surface area contributed by atoms with Crippen molar-refractivity contribution in [3.05, 3.63) is 0 Å². The van der Waals surface area contributed by atoms with Crippen LogP contribution in [0.2, 0.25) is 0 Å². The Morgan fingerprint density at radius 3 is 2.31 bits per heavy atom. The third-order valence-electron chi connectivity index (χ3n) is 4.51. The van der Waals surface area contributed by atoms with E-state index < -0.39 is 0 Å². The van der Waals surface area contributed by atoms with Gasteiger partial charge in [-0.3, -0.25) is 4.90 Å². The molecule has 2 aliphatic heterocycles. The van der Waals surface area contributed by atoms with Gasteiger partial charge in [0.25, 0.3) is 0 Å². The Kier molecular flexibility index (Phi) is 3.87. The monoisotopic (exact) mass is 242 g/mol. The summed E-state index contributed by atoms with van der Waals surface area (Å²) in [4.78, 5) is 2.72. The summed E-state index contributed by atoms with van der Waals surface area (Å²) >= 11 is 2.10. The molecule has 2 N–H and O–H groups in total. The highest BCUT2D eigenvalue weighted by Crippen LogP contribution is 2.41. The number of hydrogen-bond acceptors (Lipinski definition) is 3. The van der Waals surface area contributed by atoms with Crippen LogP contribution in [0.5, 0.6) is 0 Å². The lowest BCUT2D eigenvalue weighted by Crippen LogP contribution is -2.61. The fraction of sp³-hybridized carbons (Fsp3) is 1.00. The molecule has 2 rings (SSSR count). The zero-order valence-electron chi connectivity index (χ0n) is 10.9. The first kappa shape index (κ1) is 12.7. The summed E-state index contributed by atoms with van der Waals surface area (Å²) < 4.78 is 0. The summed E-state index contributed by atoms with van der Waals surface area (Å²) in [5, 5.41) is 0.704. The summed E-state index contributed by atoms with van der Waals surface area (Å²) in [5.74, 6) is 2.97. The van der Waals surface area contributed by atoms with Crippen molar-refractivity contribution < 1.29 is 0 Å². The minimum Gasteiger partial charge on any atom is -0.329 e. The highest BCUT2D eigenvalue weighted by molar-refractivity contribution is 8.00. The van der Waals surface area contributed by atoms with Gasteiger partial charge in [-0.2, -0.15) is 11.8 Å². The van der Waals surface area contributed by atoms with E-state index in [0.29, 0.717) is 10.8 Å². The maximum Gasteiger partial charge on any atom is 0.0455 e. The van der Waals surface area contributed by atoms with Gasteiger partial charge in [0.2, 0.25) is 0 Å². The van der Waals surface area contributed by atoms with Gasteiger partial charge in [0.15, 0.2) is 0 Å². The summed E-state index contributed by atoms with van der Waals surface area (Å²) in [6.07, 6.45) is 2.67. The van der Waals surface area contributed by atoms with Gasteiger partial charge in [0, 0.05) is 30.4 Å². The second-order valence-corrected chi connectivity index (χ2v) is 7.37. The van der Waals surface area contributed by atoms with E-state index in [1.165, 1.54) is 31.7 Å². The zero-order chi connectivity index (χ0) is 11.8. The second-order valence-electron chi connectivity index (χ2n) is 5.92. The van der Waals surface area contributed by atoms with Crippen LogP contribution < -0.4 is 5.73 Å². The van der Waals surface area contributed by atoms with E-state index in [1.807, 2.05) is 0 Å². The van der Waals surface area contributed by atoms with Crippen LogP contribution in [0, 0.1) is 11.8 Å². The Bertz CT molecular complexity index is 236. The van der Waals surface area contributed by atoms with Gasteiger partial charge < -0.3 is 5.73 Å². The van der Waals surface area contributed by atoms with E-state index in [-0.39, 0.29) is 0 Å². The van der Waals surface area contributed by atoms with Gasteiger partial charge in [-0.1, -0.05) is 20.8 Å².